The molecule has 0 amide bonds. The van der Waals surface area contributed by atoms with E-state index in [-0.39, 0.29) is 13.1 Å². The van der Waals surface area contributed by atoms with E-state index in [9.17, 15) is 22.8 Å². The molecule has 0 aliphatic carbocycles. The third-order valence-corrected chi connectivity index (χ3v) is 3.46. The average molecular weight is 293 g/mol. The van der Waals surface area contributed by atoms with E-state index in [4.69, 9.17) is 9.47 Å². The van der Waals surface area contributed by atoms with Crippen LogP contribution in [0, 0.1) is 0 Å². The number of nitrogens with zero attached hydrogens (tertiary/aromatic N) is 1. The minimum absolute atomic E-state index is 0.283. The molecular weight excluding hydrogens is 279 g/mol. The summed E-state index contributed by atoms with van der Waals surface area (Å²) < 4.78 is 49.0. The molecule has 0 bridgehead atoms. The van der Waals surface area contributed by atoms with Crippen molar-refractivity contribution in [1.82, 2.24) is 4.90 Å². The molecule has 2 rings (SSSR count). The van der Waals surface area contributed by atoms with Gasteiger partial charge in [0.15, 0.2) is 17.1 Å². The van der Waals surface area contributed by atoms with Gasteiger partial charge in [-0.1, -0.05) is 0 Å². The van der Waals surface area contributed by atoms with Gasteiger partial charge in [-0.15, -0.1) is 0 Å². The lowest BCUT2D eigenvalue weighted by molar-refractivity contribution is -0.172. The molecule has 2 aliphatic rings. The topological polar surface area (TPSA) is 55.8 Å². The molecule has 112 valence electrons. The number of morpholine rings is 1. The Bertz CT molecular complexity index is 480. The molecule has 1 atom stereocenters. The number of hydrogen-bond acceptors (Lipinski definition) is 5. The molecule has 2 aliphatic heterocycles. The van der Waals surface area contributed by atoms with Gasteiger partial charge in [-0.2, -0.15) is 13.2 Å². The number of esters is 1. The van der Waals surface area contributed by atoms with Crippen molar-refractivity contribution in [3.05, 3.63) is 11.1 Å². The minimum Gasteiger partial charge on any atom is -0.436 e. The van der Waals surface area contributed by atoms with E-state index in [1.54, 1.807) is 0 Å². The standard InChI is InChI=1S/C12H14F3NO4/c1-7(17)8-9(12(13,14)15)10(18)20-11(8,2)16-3-5-19-6-4-16/h3-6H2,1-2H3. The summed E-state index contributed by atoms with van der Waals surface area (Å²) in [6.07, 6.45) is -4.91. The summed E-state index contributed by atoms with van der Waals surface area (Å²) in [4.78, 5) is 24.8. The second-order valence-corrected chi connectivity index (χ2v) is 4.78. The van der Waals surface area contributed by atoms with E-state index in [1.165, 1.54) is 11.8 Å². The van der Waals surface area contributed by atoms with Crippen molar-refractivity contribution in [2.24, 2.45) is 0 Å². The molecule has 0 N–H and O–H groups in total. The van der Waals surface area contributed by atoms with Gasteiger partial charge in [0.05, 0.1) is 18.8 Å². The number of carbonyl (C=O) groups excluding carboxylic acids is 2. The Morgan fingerprint density at radius 3 is 2.30 bits per heavy atom. The molecule has 2 heterocycles. The van der Waals surface area contributed by atoms with Crippen LogP contribution in [0.1, 0.15) is 13.8 Å². The average Bonchev–Trinajstić information content (AvgIpc) is 2.63. The Hall–Kier alpha value is -1.41. The van der Waals surface area contributed by atoms with E-state index >= 15 is 0 Å². The molecule has 0 aromatic heterocycles. The molecule has 0 aromatic carbocycles. The quantitative estimate of drug-likeness (QED) is 0.712. The van der Waals surface area contributed by atoms with Crippen molar-refractivity contribution in [3.63, 3.8) is 0 Å². The maximum Gasteiger partial charge on any atom is 0.423 e. The minimum atomic E-state index is -4.91. The van der Waals surface area contributed by atoms with Gasteiger partial charge in [-0.05, 0) is 13.8 Å². The third kappa shape index (κ3) is 2.33. The first kappa shape index (κ1) is 15.0. The third-order valence-electron chi connectivity index (χ3n) is 3.46. The summed E-state index contributed by atoms with van der Waals surface area (Å²) in [5.41, 5.74) is -3.81. The monoisotopic (exact) mass is 293 g/mol. The number of halogens is 3. The molecule has 0 aromatic rings. The highest BCUT2D eigenvalue weighted by atomic mass is 19.4. The number of cyclic esters (lactones) is 1. The Morgan fingerprint density at radius 1 is 1.30 bits per heavy atom. The van der Waals surface area contributed by atoms with Crippen molar-refractivity contribution in [3.8, 4) is 0 Å². The molecule has 20 heavy (non-hydrogen) atoms. The molecule has 1 saturated heterocycles. The van der Waals surface area contributed by atoms with Gasteiger partial charge in [0.25, 0.3) is 0 Å². The van der Waals surface area contributed by atoms with Crippen LogP contribution in [0.5, 0.6) is 0 Å². The lowest BCUT2D eigenvalue weighted by Gasteiger charge is -2.40. The summed E-state index contributed by atoms with van der Waals surface area (Å²) >= 11 is 0. The van der Waals surface area contributed by atoms with Crippen molar-refractivity contribution < 1.29 is 32.2 Å². The molecule has 1 fully saturated rings. The number of hydrogen-bond donors (Lipinski definition) is 0. The van der Waals surface area contributed by atoms with Crippen LogP contribution in [0.25, 0.3) is 0 Å². The van der Waals surface area contributed by atoms with Gasteiger partial charge in [0.1, 0.15) is 0 Å². The van der Waals surface area contributed by atoms with Crippen LogP contribution in [0.2, 0.25) is 0 Å². The number of ether oxygens (including phenoxy) is 2. The van der Waals surface area contributed by atoms with E-state index in [2.05, 4.69) is 0 Å². The SMILES string of the molecule is CC(=O)C1=C(C(F)(F)F)C(=O)OC1(C)N1CCOCC1. The molecule has 8 heteroatoms. The number of carbonyl (C=O) groups is 2. The number of alkyl halides is 3. The first-order valence-corrected chi connectivity index (χ1v) is 6.07. The first-order chi connectivity index (χ1) is 9.18. The van der Waals surface area contributed by atoms with E-state index in [0.29, 0.717) is 13.2 Å². The highest BCUT2D eigenvalue weighted by molar-refractivity contribution is 6.08. The fraction of sp³-hybridized carbons (Fsp3) is 0.667. The van der Waals surface area contributed by atoms with E-state index in [0.717, 1.165) is 6.92 Å². The predicted molar refractivity (Wildman–Crippen MR) is 60.7 cm³/mol. The van der Waals surface area contributed by atoms with Crippen LogP contribution in [0.3, 0.4) is 0 Å². The lowest BCUT2D eigenvalue weighted by atomic mass is 9.95. The van der Waals surface area contributed by atoms with Gasteiger partial charge >= 0.3 is 12.1 Å². The second-order valence-electron chi connectivity index (χ2n) is 4.78. The largest absolute Gasteiger partial charge is 0.436 e. The second kappa shape index (κ2) is 4.85. The van der Waals surface area contributed by atoms with E-state index in [1.807, 2.05) is 0 Å². The lowest BCUT2D eigenvalue weighted by Crippen LogP contribution is -2.54. The van der Waals surface area contributed by atoms with Gasteiger partial charge in [0.2, 0.25) is 0 Å². The molecule has 5 nitrogen and oxygen atoms in total. The van der Waals surface area contributed by atoms with Gasteiger partial charge in [-0.25, -0.2) is 4.79 Å². The summed E-state index contributed by atoms with van der Waals surface area (Å²) in [5.74, 6) is -2.33. The fourth-order valence-corrected chi connectivity index (χ4v) is 2.59. The van der Waals surface area contributed by atoms with Crippen LogP contribution in [0.4, 0.5) is 13.2 Å². The molecule has 0 saturated carbocycles. The summed E-state index contributed by atoms with van der Waals surface area (Å²) in [5, 5.41) is 0. The zero-order valence-corrected chi connectivity index (χ0v) is 11.0. The zero-order valence-electron chi connectivity index (χ0n) is 11.0. The van der Waals surface area contributed by atoms with Gasteiger partial charge in [0, 0.05) is 13.1 Å². The number of Topliss-reactive ketones (excluding diaryl/α,β-unsaturated/α-hetero) is 1. The normalized spacial score (nSPS) is 28.8. The van der Waals surface area contributed by atoms with Crippen molar-refractivity contribution >= 4 is 11.8 Å². The Balaban J connectivity index is 2.51. The first-order valence-electron chi connectivity index (χ1n) is 6.07. The summed E-state index contributed by atoms with van der Waals surface area (Å²) in [6, 6.07) is 0. The Kier molecular flexibility index (Phi) is 3.64. The number of ketones is 1. The fourth-order valence-electron chi connectivity index (χ4n) is 2.59. The highest BCUT2D eigenvalue weighted by Gasteiger charge is 2.57. The van der Waals surface area contributed by atoms with Crippen molar-refractivity contribution in [2.75, 3.05) is 26.3 Å². The summed E-state index contributed by atoms with van der Waals surface area (Å²) in [7, 11) is 0. The number of rotatable bonds is 2. The van der Waals surface area contributed by atoms with Crippen molar-refractivity contribution in [1.29, 1.82) is 0 Å². The maximum atomic E-state index is 13.0. The Morgan fingerprint density at radius 2 is 1.85 bits per heavy atom. The van der Waals surface area contributed by atoms with Crippen LogP contribution >= 0.6 is 0 Å². The predicted octanol–water partition coefficient (Wildman–Crippen LogP) is 1.04. The van der Waals surface area contributed by atoms with Crippen LogP contribution in [0.15, 0.2) is 11.1 Å². The zero-order chi connectivity index (χ0) is 15.1. The smallest absolute Gasteiger partial charge is 0.423 e. The Labute approximate surface area is 113 Å². The molecule has 0 radical (unpaired) electrons. The van der Waals surface area contributed by atoms with Gasteiger partial charge < -0.3 is 9.47 Å². The van der Waals surface area contributed by atoms with Crippen molar-refractivity contribution in [2.45, 2.75) is 25.7 Å². The molecule has 0 spiro atoms. The van der Waals surface area contributed by atoms with Crippen LogP contribution in [-0.2, 0) is 19.1 Å². The van der Waals surface area contributed by atoms with Gasteiger partial charge in [-0.3, -0.25) is 9.69 Å². The van der Waals surface area contributed by atoms with E-state index < -0.39 is 34.8 Å². The van der Waals surface area contributed by atoms with Crippen LogP contribution < -0.4 is 0 Å². The summed E-state index contributed by atoms with van der Waals surface area (Å²) in [6.45, 7) is 3.49. The maximum absolute atomic E-state index is 13.0. The highest BCUT2D eigenvalue weighted by Crippen LogP contribution is 2.43. The van der Waals surface area contributed by atoms with Crippen LogP contribution in [-0.4, -0.2) is 54.9 Å². The molecular formula is C12H14F3NO4. The molecule has 1 unspecified atom stereocenters.